The van der Waals surface area contributed by atoms with Crippen molar-refractivity contribution >= 4 is 36.7 Å². The van der Waals surface area contributed by atoms with Gasteiger partial charge in [-0.15, -0.1) is 0 Å². The Labute approximate surface area is 170 Å². The SMILES string of the molecule is CC1=C(C(=O)OCC[P+](C)=O)c2cc(C)ccc2C1C(=O)c1ccc(Cl)cc1. The van der Waals surface area contributed by atoms with Crippen molar-refractivity contribution < 1.29 is 18.9 Å². The van der Waals surface area contributed by atoms with Crippen LogP contribution in [0.1, 0.15) is 39.9 Å². The van der Waals surface area contributed by atoms with Crippen molar-refractivity contribution in [3.63, 3.8) is 0 Å². The first-order valence-electron chi connectivity index (χ1n) is 8.96. The molecule has 0 aromatic heterocycles. The fourth-order valence-corrected chi connectivity index (χ4v) is 3.93. The zero-order valence-electron chi connectivity index (χ0n) is 16.0. The number of benzene rings is 2. The number of rotatable bonds is 6. The van der Waals surface area contributed by atoms with Crippen LogP contribution in [0.4, 0.5) is 0 Å². The quantitative estimate of drug-likeness (QED) is 0.360. The van der Waals surface area contributed by atoms with Crippen LogP contribution in [-0.2, 0) is 14.1 Å². The first-order chi connectivity index (χ1) is 13.3. The van der Waals surface area contributed by atoms with Gasteiger partial charge in [0, 0.05) is 10.6 Å². The van der Waals surface area contributed by atoms with Crippen LogP contribution in [-0.4, -0.2) is 31.2 Å². The minimum atomic E-state index is -1.37. The van der Waals surface area contributed by atoms with Gasteiger partial charge in [-0.3, -0.25) is 4.79 Å². The highest BCUT2D eigenvalue weighted by Gasteiger charge is 2.37. The Balaban J connectivity index is 2.00. The van der Waals surface area contributed by atoms with E-state index in [4.69, 9.17) is 16.3 Å². The molecule has 0 fully saturated rings. The number of Topliss-reactive ketones (excluding diaryl/α,β-unsaturated/α-hetero) is 1. The van der Waals surface area contributed by atoms with Crippen molar-refractivity contribution in [3.8, 4) is 0 Å². The average Bonchev–Trinajstić information content (AvgIpc) is 2.92. The maximum atomic E-state index is 13.2. The molecule has 0 radical (unpaired) electrons. The number of hydrogen-bond donors (Lipinski definition) is 0. The summed E-state index contributed by atoms with van der Waals surface area (Å²) >= 11 is 5.94. The fraction of sp³-hybridized carbons (Fsp3) is 0.273. The molecule has 0 N–H and O–H groups in total. The number of allylic oxidation sites excluding steroid dienone is 1. The van der Waals surface area contributed by atoms with Crippen molar-refractivity contribution in [1.29, 1.82) is 0 Å². The van der Waals surface area contributed by atoms with Crippen molar-refractivity contribution in [2.45, 2.75) is 19.8 Å². The highest BCUT2D eigenvalue weighted by Crippen LogP contribution is 2.44. The van der Waals surface area contributed by atoms with Gasteiger partial charge in [0.2, 0.25) is 0 Å². The van der Waals surface area contributed by atoms with Crippen LogP contribution in [0.25, 0.3) is 5.57 Å². The molecule has 3 rings (SSSR count). The molecule has 0 saturated heterocycles. The van der Waals surface area contributed by atoms with Gasteiger partial charge >= 0.3 is 13.8 Å². The first kappa shape index (κ1) is 20.4. The van der Waals surface area contributed by atoms with E-state index >= 15 is 0 Å². The molecule has 0 bridgehead atoms. The molecular formula is C22H21ClO4P+. The molecule has 2 aromatic carbocycles. The predicted molar refractivity (Wildman–Crippen MR) is 112 cm³/mol. The van der Waals surface area contributed by atoms with Crippen molar-refractivity contribution in [3.05, 3.63) is 75.3 Å². The van der Waals surface area contributed by atoms with Crippen LogP contribution < -0.4 is 0 Å². The third-order valence-corrected chi connectivity index (χ3v) is 5.92. The maximum Gasteiger partial charge on any atom is 0.339 e. The number of hydrogen-bond acceptors (Lipinski definition) is 4. The summed E-state index contributed by atoms with van der Waals surface area (Å²) in [6.45, 7) is 5.43. The van der Waals surface area contributed by atoms with E-state index in [-0.39, 0.29) is 12.4 Å². The zero-order chi connectivity index (χ0) is 20.4. The van der Waals surface area contributed by atoms with Gasteiger partial charge < -0.3 is 4.74 Å². The number of aryl methyl sites for hydroxylation is 1. The van der Waals surface area contributed by atoms with Crippen LogP contribution in [0.3, 0.4) is 0 Å². The van der Waals surface area contributed by atoms with Crippen molar-refractivity contribution in [1.82, 2.24) is 0 Å². The lowest BCUT2D eigenvalue weighted by Gasteiger charge is -2.13. The Hall–Kier alpha value is -2.29. The molecule has 144 valence electrons. The largest absolute Gasteiger partial charge is 0.458 e. The molecule has 0 saturated carbocycles. The van der Waals surface area contributed by atoms with Crippen LogP contribution in [0, 0.1) is 6.92 Å². The average molecular weight is 416 g/mol. The summed E-state index contributed by atoms with van der Waals surface area (Å²) in [7, 11) is -1.37. The zero-order valence-corrected chi connectivity index (χ0v) is 17.6. The number of fused-ring (bicyclic) bond motifs is 1. The molecule has 28 heavy (non-hydrogen) atoms. The van der Waals surface area contributed by atoms with E-state index in [0.29, 0.717) is 27.9 Å². The van der Waals surface area contributed by atoms with Gasteiger partial charge in [-0.2, -0.15) is 0 Å². The number of esters is 1. The predicted octanol–water partition coefficient (Wildman–Crippen LogP) is 5.40. The molecule has 4 nitrogen and oxygen atoms in total. The van der Waals surface area contributed by atoms with E-state index < -0.39 is 19.7 Å². The van der Waals surface area contributed by atoms with Gasteiger partial charge in [0.05, 0.1) is 11.5 Å². The second-order valence-electron chi connectivity index (χ2n) is 6.94. The number of carbonyl (C=O) groups excluding carboxylic acids is 2. The molecule has 0 amide bonds. The Kier molecular flexibility index (Phi) is 6.12. The molecule has 0 spiro atoms. The second kappa shape index (κ2) is 8.38. The molecule has 1 aliphatic rings. The van der Waals surface area contributed by atoms with E-state index in [9.17, 15) is 14.2 Å². The normalized spacial score (nSPS) is 16.0. The standard InChI is InChI=1S/C22H21ClO4P/c1-13-4-9-17-18(12-13)20(22(25)27-10-11-28(3)26)14(2)19(17)21(24)15-5-7-16(23)8-6-15/h4-9,12,19H,10-11H2,1-3H3/q+1. The third-order valence-electron chi connectivity index (χ3n) is 4.85. The lowest BCUT2D eigenvalue weighted by molar-refractivity contribution is -0.136. The minimum absolute atomic E-state index is 0.0845. The van der Waals surface area contributed by atoms with Gasteiger partial charge in [-0.05, 0) is 54.8 Å². The van der Waals surface area contributed by atoms with Crippen molar-refractivity contribution in [2.75, 3.05) is 19.4 Å². The van der Waals surface area contributed by atoms with Crippen LogP contribution >= 0.6 is 19.4 Å². The van der Waals surface area contributed by atoms with E-state index in [1.165, 1.54) is 0 Å². The lowest BCUT2D eigenvalue weighted by Crippen LogP contribution is -2.13. The molecule has 0 heterocycles. The van der Waals surface area contributed by atoms with E-state index in [1.807, 2.05) is 25.1 Å². The number of ketones is 1. The molecule has 1 aliphatic carbocycles. The van der Waals surface area contributed by atoms with E-state index in [0.717, 1.165) is 16.7 Å². The monoisotopic (exact) mass is 415 g/mol. The Morgan fingerprint density at radius 2 is 1.79 bits per heavy atom. The van der Waals surface area contributed by atoms with Gasteiger partial charge in [0.1, 0.15) is 13.3 Å². The summed E-state index contributed by atoms with van der Waals surface area (Å²) < 4.78 is 16.6. The van der Waals surface area contributed by atoms with Crippen LogP contribution in [0.2, 0.25) is 5.02 Å². The van der Waals surface area contributed by atoms with E-state index in [1.54, 1.807) is 37.9 Å². The molecule has 2 aromatic rings. The maximum absolute atomic E-state index is 13.2. The summed E-state index contributed by atoms with van der Waals surface area (Å²) in [6.07, 6.45) is 0.321. The summed E-state index contributed by atoms with van der Waals surface area (Å²) in [6, 6.07) is 12.5. The van der Waals surface area contributed by atoms with Gasteiger partial charge in [0.25, 0.3) is 0 Å². The summed E-state index contributed by atoms with van der Waals surface area (Å²) in [5, 5.41) is 0.560. The molecule has 2 atom stereocenters. The smallest absolute Gasteiger partial charge is 0.339 e. The Bertz CT molecular complexity index is 992. The van der Waals surface area contributed by atoms with Crippen LogP contribution in [0.5, 0.6) is 0 Å². The van der Waals surface area contributed by atoms with Gasteiger partial charge in [-0.1, -0.05) is 39.9 Å². The molecular weight excluding hydrogens is 395 g/mol. The third kappa shape index (κ3) is 4.09. The number of carbonyl (C=O) groups is 2. The van der Waals surface area contributed by atoms with Gasteiger partial charge in [-0.25, -0.2) is 4.79 Å². The second-order valence-corrected chi connectivity index (χ2v) is 9.08. The van der Waals surface area contributed by atoms with Crippen molar-refractivity contribution in [2.24, 2.45) is 0 Å². The fourth-order valence-electron chi connectivity index (χ4n) is 3.46. The summed E-state index contributed by atoms with van der Waals surface area (Å²) in [5.41, 5.74) is 4.17. The van der Waals surface area contributed by atoms with Crippen LogP contribution in [0.15, 0.2) is 48.0 Å². The first-order valence-corrected chi connectivity index (χ1v) is 11.2. The lowest BCUT2D eigenvalue weighted by atomic mass is 9.88. The highest BCUT2D eigenvalue weighted by molar-refractivity contribution is 7.43. The summed E-state index contributed by atoms with van der Waals surface area (Å²) in [5.74, 6) is -1.10. The molecule has 0 aliphatic heterocycles. The molecule has 6 heteroatoms. The Morgan fingerprint density at radius 3 is 2.43 bits per heavy atom. The minimum Gasteiger partial charge on any atom is -0.458 e. The number of ether oxygens (including phenoxy) is 1. The van der Waals surface area contributed by atoms with E-state index in [2.05, 4.69) is 0 Å². The summed E-state index contributed by atoms with van der Waals surface area (Å²) in [4.78, 5) is 26.0. The Morgan fingerprint density at radius 1 is 1.11 bits per heavy atom. The molecule has 2 unspecified atom stereocenters. The topological polar surface area (TPSA) is 60.4 Å². The number of halogens is 1. The van der Waals surface area contributed by atoms with Gasteiger partial charge in [0.15, 0.2) is 11.9 Å². The highest BCUT2D eigenvalue weighted by atomic mass is 35.5.